The lowest BCUT2D eigenvalue weighted by molar-refractivity contribution is -0.145. The molecule has 1 aromatic carbocycles. The molecule has 1 saturated heterocycles. The average molecular weight is 519 g/mol. The van der Waals surface area contributed by atoms with Gasteiger partial charge in [0.15, 0.2) is 11.5 Å². The van der Waals surface area contributed by atoms with E-state index in [1.807, 2.05) is 6.92 Å². The molecule has 4 atom stereocenters. The molecule has 0 bridgehead atoms. The molecule has 36 heavy (non-hydrogen) atoms. The maximum absolute atomic E-state index is 13.5. The van der Waals surface area contributed by atoms with Crippen LogP contribution in [0.25, 0.3) is 11.2 Å². The number of hydrogen-bond donors (Lipinski definition) is 3. The smallest absolute Gasteiger partial charge is 0.459 e. The Morgan fingerprint density at radius 2 is 2.03 bits per heavy atom. The molecular weight excluding hydrogens is 489 g/mol. The van der Waals surface area contributed by atoms with Gasteiger partial charge in [-0.15, -0.1) is 0 Å². The molecule has 0 aliphatic carbocycles. The Balaban J connectivity index is 1.45. The zero-order valence-corrected chi connectivity index (χ0v) is 21.1. The van der Waals surface area contributed by atoms with Crippen LogP contribution in [-0.4, -0.2) is 50.8 Å². The van der Waals surface area contributed by atoms with Crippen molar-refractivity contribution >= 4 is 36.6 Å². The van der Waals surface area contributed by atoms with Crippen LogP contribution in [-0.2, 0) is 23.4 Å². The number of imidazole rings is 1. The van der Waals surface area contributed by atoms with E-state index in [9.17, 15) is 9.36 Å². The van der Waals surface area contributed by atoms with Gasteiger partial charge in [0.2, 0.25) is 5.95 Å². The molecule has 0 amide bonds. The third-order valence-corrected chi connectivity index (χ3v) is 6.86. The minimum atomic E-state index is -3.95. The molecule has 1 fully saturated rings. The second kappa shape index (κ2) is 10.8. The number of nitrogen functional groups attached to an aromatic ring is 2. The first kappa shape index (κ1) is 25.8. The summed E-state index contributed by atoms with van der Waals surface area (Å²) < 4.78 is 37.9. The Morgan fingerprint density at radius 1 is 1.28 bits per heavy atom. The lowest BCUT2D eigenvalue weighted by atomic mass is 10.1. The highest BCUT2D eigenvalue weighted by Crippen LogP contribution is 2.45. The monoisotopic (exact) mass is 519 g/mol. The van der Waals surface area contributed by atoms with Crippen molar-refractivity contribution in [1.82, 2.24) is 24.6 Å². The summed E-state index contributed by atoms with van der Waals surface area (Å²) in [4.78, 5) is 24.5. The third-order valence-electron chi connectivity index (χ3n) is 5.38. The first-order chi connectivity index (χ1) is 17.1. The number of hydrogen-bond acceptors (Lipinski definition) is 11. The van der Waals surface area contributed by atoms with Gasteiger partial charge in [0, 0.05) is 5.92 Å². The van der Waals surface area contributed by atoms with Crippen LogP contribution in [0.3, 0.4) is 0 Å². The number of nitrogens with one attached hydrogen (secondary N) is 1. The molecule has 194 valence electrons. The summed E-state index contributed by atoms with van der Waals surface area (Å²) in [6, 6.07) is 8.54. The Bertz CT molecular complexity index is 1250. The summed E-state index contributed by atoms with van der Waals surface area (Å²) in [6.45, 7) is 5.05. The highest BCUT2D eigenvalue weighted by Gasteiger charge is 2.37. The lowest BCUT2D eigenvalue weighted by Crippen LogP contribution is -2.28. The van der Waals surface area contributed by atoms with E-state index in [4.69, 9.17) is 30.0 Å². The van der Waals surface area contributed by atoms with Gasteiger partial charge < -0.3 is 25.5 Å². The molecule has 3 aromatic rings. The highest BCUT2D eigenvalue weighted by molar-refractivity contribution is 7.52. The van der Waals surface area contributed by atoms with Crippen LogP contribution in [0, 0.1) is 5.92 Å². The number of nitrogens with two attached hydrogens (primary N) is 2. The number of esters is 1. The normalized spacial score (nSPS) is 21.5. The van der Waals surface area contributed by atoms with Crippen LogP contribution in [0.5, 0.6) is 5.75 Å². The molecule has 4 rings (SSSR count). The molecule has 2 aromatic heterocycles. The molecule has 4 unspecified atom stereocenters. The van der Waals surface area contributed by atoms with E-state index in [1.165, 1.54) is 0 Å². The number of rotatable bonds is 10. The van der Waals surface area contributed by atoms with E-state index in [0.29, 0.717) is 23.3 Å². The molecular formula is C22H30N7O6P. The number of fused-ring (bicyclic) bond motifs is 1. The van der Waals surface area contributed by atoms with Crippen LogP contribution < -0.4 is 21.1 Å². The van der Waals surface area contributed by atoms with Gasteiger partial charge in [-0.3, -0.25) is 13.9 Å². The first-order valence-electron chi connectivity index (χ1n) is 11.5. The van der Waals surface area contributed by atoms with Crippen molar-refractivity contribution in [2.45, 2.75) is 45.6 Å². The molecule has 0 saturated carbocycles. The quantitative estimate of drug-likeness (QED) is 0.264. The zero-order valence-electron chi connectivity index (χ0n) is 20.2. The number of benzene rings is 1. The summed E-state index contributed by atoms with van der Waals surface area (Å²) in [5.41, 5.74) is 12.6. The molecule has 13 nitrogen and oxygen atoms in total. The van der Waals surface area contributed by atoms with Crippen LogP contribution in [0.1, 0.15) is 33.4 Å². The topological polar surface area (TPSA) is 179 Å². The van der Waals surface area contributed by atoms with Crippen molar-refractivity contribution in [1.29, 1.82) is 0 Å². The molecule has 3 heterocycles. The van der Waals surface area contributed by atoms with Gasteiger partial charge in [-0.05, 0) is 32.4 Å². The number of carbonyl (C=O) groups is 1. The van der Waals surface area contributed by atoms with Gasteiger partial charge in [0.1, 0.15) is 24.0 Å². The molecule has 1 aliphatic heterocycles. The standard InChI is InChI=1S/C22H30N7O6P/c1-13(2)33-17(30)10-26-36(31,35-15-7-5-4-6-8-15)32-11-16-9-14(3)21(34-16)29-12-25-18-19(23)27-22(24)28-20(18)29/h4-8,12-14,16,21H,9-11H2,1-3H3,(H,26,31)(H4,23,24,27,28). The summed E-state index contributed by atoms with van der Waals surface area (Å²) in [7, 11) is -3.95. The van der Waals surface area contributed by atoms with Crippen LogP contribution in [0.2, 0.25) is 0 Å². The van der Waals surface area contributed by atoms with Gasteiger partial charge in [0.25, 0.3) is 0 Å². The SMILES string of the molecule is CC(C)OC(=O)CNP(=O)(OCC1CC(C)C(n2cnc3c(N)nc(N)nc32)O1)Oc1ccccc1. The average Bonchev–Trinajstić information content (AvgIpc) is 3.40. The molecule has 0 spiro atoms. The molecule has 0 radical (unpaired) electrons. The predicted molar refractivity (Wildman–Crippen MR) is 132 cm³/mol. The van der Waals surface area contributed by atoms with E-state index in [0.717, 1.165) is 0 Å². The van der Waals surface area contributed by atoms with Crippen LogP contribution >= 0.6 is 7.75 Å². The number of nitrogens with zero attached hydrogens (tertiary/aromatic N) is 4. The van der Waals surface area contributed by atoms with Gasteiger partial charge in [-0.2, -0.15) is 9.97 Å². The fraction of sp³-hybridized carbons (Fsp3) is 0.455. The fourth-order valence-corrected chi connectivity index (χ4v) is 5.17. The van der Waals surface area contributed by atoms with E-state index < -0.39 is 26.0 Å². The molecule has 14 heteroatoms. The minimum Gasteiger partial charge on any atom is -0.462 e. The van der Waals surface area contributed by atoms with Crippen molar-refractivity contribution in [3.63, 3.8) is 0 Å². The Morgan fingerprint density at radius 3 is 2.75 bits per heavy atom. The zero-order chi connectivity index (χ0) is 25.9. The van der Waals surface area contributed by atoms with E-state index in [1.54, 1.807) is 55.1 Å². The number of ether oxygens (including phenoxy) is 2. The summed E-state index contributed by atoms with van der Waals surface area (Å²) in [5.74, 6) is 0.000670. The summed E-state index contributed by atoms with van der Waals surface area (Å²) in [6.07, 6.45) is 1.01. The Kier molecular flexibility index (Phi) is 7.74. The minimum absolute atomic E-state index is 0.0355. The maximum Gasteiger partial charge on any atom is 0.459 e. The van der Waals surface area contributed by atoms with Crippen molar-refractivity contribution in [2.24, 2.45) is 5.92 Å². The van der Waals surface area contributed by atoms with Crippen LogP contribution in [0.15, 0.2) is 36.7 Å². The van der Waals surface area contributed by atoms with Gasteiger partial charge >= 0.3 is 13.7 Å². The predicted octanol–water partition coefficient (Wildman–Crippen LogP) is 2.66. The Hall–Kier alpha value is -3.25. The van der Waals surface area contributed by atoms with Gasteiger partial charge in [-0.25, -0.2) is 14.6 Å². The molecule has 1 aliphatic rings. The number of anilines is 2. The van der Waals surface area contributed by atoms with Gasteiger partial charge in [0.05, 0.1) is 25.1 Å². The second-order valence-electron chi connectivity index (χ2n) is 8.72. The van der Waals surface area contributed by atoms with Crippen molar-refractivity contribution in [3.8, 4) is 5.75 Å². The largest absolute Gasteiger partial charge is 0.462 e. The number of carbonyl (C=O) groups excluding carboxylic acids is 1. The fourth-order valence-electron chi connectivity index (χ4n) is 3.88. The number of aromatic nitrogens is 4. The summed E-state index contributed by atoms with van der Waals surface area (Å²) in [5, 5.41) is 2.58. The van der Waals surface area contributed by atoms with Crippen molar-refractivity contribution in [2.75, 3.05) is 24.6 Å². The van der Waals surface area contributed by atoms with Crippen molar-refractivity contribution < 1.29 is 27.9 Å². The van der Waals surface area contributed by atoms with E-state index in [-0.39, 0.29) is 36.9 Å². The highest BCUT2D eigenvalue weighted by atomic mass is 31.2. The van der Waals surface area contributed by atoms with E-state index >= 15 is 0 Å². The summed E-state index contributed by atoms with van der Waals surface area (Å²) >= 11 is 0. The Labute approximate surface area is 208 Å². The third kappa shape index (κ3) is 6.11. The van der Waals surface area contributed by atoms with Crippen LogP contribution in [0.4, 0.5) is 11.8 Å². The second-order valence-corrected chi connectivity index (χ2v) is 10.5. The molecule has 5 N–H and O–H groups in total. The van der Waals surface area contributed by atoms with E-state index in [2.05, 4.69) is 20.0 Å². The van der Waals surface area contributed by atoms with Gasteiger partial charge in [-0.1, -0.05) is 25.1 Å². The number of para-hydroxylation sites is 1. The van der Waals surface area contributed by atoms with Crippen molar-refractivity contribution in [3.05, 3.63) is 36.7 Å². The lowest BCUT2D eigenvalue weighted by Gasteiger charge is -2.22. The maximum atomic E-state index is 13.5. The first-order valence-corrected chi connectivity index (χ1v) is 13.0.